The summed E-state index contributed by atoms with van der Waals surface area (Å²) >= 11 is 0. The van der Waals surface area contributed by atoms with Gasteiger partial charge in [-0.3, -0.25) is 0 Å². The summed E-state index contributed by atoms with van der Waals surface area (Å²) in [5.41, 5.74) is 3.48. The third kappa shape index (κ3) is 2.21. The van der Waals surface area contributed by atoms with Gasteiger partial charge < -0.3 is 5.43 Å². The molecule has 1 fully saturated rings. The van der Waals surface area contributed by atoms with Gasteiger partial charge in [-0.05, 0) is 36.5 Å². The first kappa shape index (κ1) is 12.2. The summed E-state index contributed by atoms with van der Waals surface area (Å²) in [5.74, 6) is 4.48. The molecule has 3 N–H and O–H groups in total. The Morgan fingerprint density at radius 1 is 1.21 bits per heavy atom. The van der Waals surface area contributed by atoms with Gasteiger partial charge in [0.15, 0.2) is 5.82 Å². The molecule has 19 heavy (non-hydrogen) atoms. The summed E-state index contributed by atoms with van der Waals surface area (Å²) in [6, 6.07) is 5.28. The average molecular weight is 268 g/mol. The molecule has 0 atom stereocenters. The zero-order chi connectivity index (χ0) is 13.6. The molecule has 2 aromatic rings. The molecule has 1 aromatic heterocycles. The van der Waals surface area contributed by atoms with Crippen LogP contribution in [0.15, 0.2) is 18.2 Å². The Kier molecular flexibility index (Phi) is 2.60. The Bertz CT molecular complexity index is 635. The maximum atomic E-state index is 12.7. The minimum absolute atomic E-state index is 0.0142. The molecule has 0 bridgehead atoms. The van der Waals surface area contributed by atoms with E-state index in [1.807, 2.05) is 6.07 Å². The Balaban J connectivity index is 2.21. The minimum atomic E-state index is -4.59. The number of nitrogens with one attached hydrogen (secondary N) is 1. The van der Waals surface area contributed by atoms with E-state index in [-0.39, 0.29) is 11.3 Å². The van der Waals surface area contributed by atoms with E-state index in [1.165, 1.54) is 0 Å². The number of hydrogen-bond donors (Lipinski definition) is 2. The van der Waals surface area contributed by atoms with Crippen LogP contribution >= 0.6 is 0 Å². The van der Waals surface area contributed by atoms with Crippen molar-refractivity contribution in [2.45, 2.75) is 24.9 Å². The van der Waals surface area contributed by atoms with E-state index in [1.54, 1.807) is 12.1 Å². The number of anilines is 1. The first-order chi connectivity index (χ1) is 8.99. The fraction of sp³-hybridized carbons (Fsp3) is 0.333. The summed E-state index contributed by atoms with van der Waals surface area (Å²) in [5, 5.41) is 0.486. The summed E-state index contributed by atoms with van der Waals surface area (Å²) < 4.78 is 38.1. The van der Waals surface area contributed by atoms with E-state index >= 15 is 0 Å². The standard InChI is InChI=1S/C12H11F3N4/c13-12(14,15)11-17-9-5-7(6-1-2-6)3-4-8(9)10(18-11)19-16/h3-6H,1-2,16H2,(H,17,18,19). The monoisotopic (exact) mass is 268 g/mol. The molecular formula is C12H11F3N4. The molecule has 7 heteroatoms. The minimum Gasteiger partial charge on any atom is -0.308 e. The third-order valence-electron chi connectivity index (χ3n) is 3.16. The molecular weight excluding hydrogens is 257 g/mol. The highest BCUT2D eigenvalue weighted by Crippen LogP contribution is 2.41. The number of hydrogen-bond acceptors (Lipinski definition) is 4. The molecule has 1 heterocycles. The van der Waals surface area contributed by atoms with Gasteiger partial charge >= 0.3 is 6.18 Å². The number of hydrazine groups is 1. The van der Waals surface area contributed by atoms with Crippen molar-refractivity contribution < 1.29 is 13.2 Å². The highest BCUT2D eigenvalue weighted by Gasteiger charge is 2.35. The van der Waals surface area contributed by atoms with Crippen LogP contribution in [0.4, 0.5) is 19.0 Å². The normalized spacial score (nSPS) is 15.8. The highest BCUT2D eigenvalue weighted by atomic mass is 19.4. The predicted octanol–water partition coefficient (Wildman–Crippen LogP) is 2.81. The van der Waals surface area contributed by atoms with Gasteiger partial charge in [-0.15, -0.1) is 0 Å². The van der Waals surface area contributed by atoms with Gasteiger partial charge in [-0.1, -0.05) is 6.07 Å². The Hall–Kier alpha value is -1.89. The molecule has 0 unspecified atom stereocenters. The zero-order valence-electron chi connectivity index (χ0n) is 9.83. The van der Waals surface area contributed by atoms with Crippen LogP contribution in [0.25, 0.3) is 10.9 Å². The fourth-order valence-electron chi connectivity index (χ4n) is 2.05. The number of nitrogens with zero attached hydrogens (tertiary/aromatic N) is 2. The second kappa shape index (κ2) is 4.06. The predicted molar refractivity (Wildman–Crippen MR) is 64.3 cm³/mol. The molecule has 0 saturated heterocycles. The van der Waals surface area contributed by atoms with Gasteiger partial charge in [-0.25, -0.2) is 15.8 Å². The van der Waals surface area contributed by atoms with Crippen LogP contribution in [0.5, 0.6) is 0 Å². The van der Waals surface area contributed by atoms with E-state index in [0.29, 0.717) is 11.3 Å². The number of fused-ring (bicyclic) bond motifs is 1. The van der Waals surface area contributed by atoms with E-state index in [0.717, 1.165) is 18.4 Å². The summed E-state index contributed by atoms with van der Waals surface area (Å²) in [7, 11) is 0. The van der Waals surface area contributed by atoms with E-state index in [2.05, 4.69) is 15.4 Å². The van der Waals surface area contributed by atoms with Crippen molar-refractivity contribution in [1.29, 1.82) is 0 Å². The molecule has 1 aliphatic rings. The van der Waals surface area contributed by atoms with Crippen molar-refractivity contribution in [3.63, 3.8) is 0 Å². The second-order valence-corrected chi connectivity index (χ2v) is 4.59. The SMILES string of the molecule is NNc1nc(C(F)(F)F)nc2cc(C3CC3)ccc12. The first-order valence-corrected chi connectivity index (χ1v) is 5.84. The van der Waals surface area contributed by atoms with Crippen LogP contribution in [0.2, 0.25) is 0 Å². The smallest absolute Gasteiger partial charge is 0.308 e. The van der Waals surface area contributed by atoms with Gasteiger partial charge in [0.05, 0.1) is 5.52 Å². The number of alkyl halides is 3. The number of halogens is 3. The molecule has 0 spiro atoms. The lowest BCUT2D eigenvalue weighted by Gasteiger charge is -2.10. The lowest BCUT2D eigenvalue weighted by molar-refractivity contribution is -0.144. The Labute approximate surface area is 106 Å². The molecule has 4 nitrogen and oxygen atoms in total. The van der Waals surface area contributed by atoms with Crippen molar-refractivity contribution in [2.75, 3.05) is 5.43 Å². The third-order valence-corrected chi connectivity index (χ3v) is 3.16. The van der Waals surface area contributed by atoms with Crippen LogP contribution in [-0.4, -0.2) is 9.97 Å². The highest BCUT2D eigenvalue weighted by molar-refractivity contribution is 5.89. The van der Waals surface area contributed by atoms with Gasteiger partial charge in [0.1, 0.15) is 0 Å². The molecule has 1 saturated carbocycles. The Morgan fingerprint density at radius 2 is 1.95 bits per heavy atom. The molecule has 0 amide bonds. The average Bonchev–Trinajstić information content (AvgIpc) is 3.19. The molecule has 1 aromatic carbocycles. The molecule has 1 aliphatic carbocycles. The summed E-state index contributed by atoms with van der Waals surface area (Å²) in [6.07, 6.45) is -2.44. The number of benzene rings is 1. The van der Waals surface area contributed by atoms with Crippen molar-refractivity contribution >= 4 is 16.7 Å². The lowest BCUT2D eigenvalue weighted by Crippen LogP contribution is -2.16. The fourth-order valence-corrected chi connectivity index (χ4v) is 2.05. The van der Waals surface area contributed by atoms with Crippen molar-refractivity contribution in [3.05, 3.63) is 29.6 Å². The zero-order valence-corrected chi connectivity index (χ0v) is 9.83. The number of aromatic nitrogens is 2. The van der Waals surface area contributed by atoms with Crippen LogP contribution < -0.4 is 11.3 Å². The largest absolute Gasteiger partial charge is 0.451 e. The maximum Gasteiger partial charge on any atom is 0.451 e. The molecule has 0 radical (unpaired) electrons. The van der Waals surface area contributed by atoms with Crippen LogP contribution in [0.3, 0.4) is 0 Å². The van der Waals surface area contributed by atoms with Crippen molar-refractivity contribution in [3.8, 4) is 0 Å². The van der Waals surface area contributed by atoms with Gasteiger partial charge in [-0.2, -0.15) is 13.2 Å². The maximum absolute atomic E-state index is 12.7. The first-order valence-electron chi connectivity index (χ1n) is 5.84. The lowest BCUT2D eigenvalue weighted by atomic mass is 10.1. The molecule has 3 rings (SSSR count). The van der Waals surface area contributed by atoms with Crippen LogP contribution in [0.1, 0.15) is 30.1 Å². The van der Waals surface area contributed by atoms with Crippen molar-refractivity contribution in [1.82, 2.24) is 9.97 Å². The van der Waals surface area contributed by atoms with Gasteiger partial charge in [0.25, 0.3) is 0 Å². The number of nitrogens with two attached hydrogens (primary N) is 1. The van der Waals surface area contributed by atoms with Crippen LogP contribution in [-0.2, 0) is 6.18 Å². The van der Waals surface area contributed by atoms with Gasteiger partial charge in [0.2, 0.25) is 5.82 Å². The van der Waals surface area contributed by atoms with E-state index < -0.39 is 12.0 Å². The quantitative estimate of drug-likeness (QED) is 0.649. The van der Waals surface area contributed by atoms with E-state index in [4.69, 9.17) is 5.84 Å². The van der Waals surface area contributed by atoms with Gasteiger partial charge in [0, 0.05) is 5.39 Å². The second-order valence-electron chi connectivity index (χ2n) is 4.59. The molecule has 100 valence electrons. The molecule has 0 aliphatic heterocycles. The number of rotatable bonds is 2. The number of nitrogen functional groups attached to an aromatic ring is 1. The van der Waals surface area contributed by atoms with Crippen LogP contribution in [0, 0.1) is 0 Å². The summed E-state index contributed by atoms with van der Waals surface area (Å²) in [4.78, 5) is 7.00. The topological polar surface area (TPSA) is 63.8 Å². The van der Waals surface area contributed by atoms with E-state index in [9.17, 15) is 13.2 Å². The van der Waals surface area contributed by atoms with Crippen molar-refractivity contribution in [2.24, 2.45) is 5.84 Å². The Morgan fingerprint density at radius 3 is 2.53 bits per heavy atom. The summed E-state index contributed by atoms with van der Waals surface area (Å²) in [6.45, 7) is 0.